The van der Waals surface area contributed by atoms with E-state index in [9.17, 15) is 4.79 Å². The highest BCUT2D eigenvalue weighted by Gasteiger charge is 2.02. The second kappa shape index (κ2) is 3.87. The molecular weight excluding hydrogens is 166 g/mol. The van der Waals surface area contributed by atoms with Gasteiger partial charge in [-0.05, 0) is 6.92 Å². The molecule has 5 nitrogen and oxygen atoms in total. The zero-order valence-electron chi connectivity index (χ0n) is 5.83. The summed E-state index contributed by atoms with van der Waals surface area (Å²) in [6, 6.07) is 0. The number of anilines is 1. The van der Waals surface area contributed by atoms with Crippen molar-refractivity contribution in [1.82, 2.24) is 10.2 Å². The summed E-state index contributed by atoms with van der Waals surface area (Å²) in [7, 11) is 0. The fraction of sp³-hybridized carbons (Fsp3) is 0.400. The molecular formula is C5H6N3O2S. The van der Waals surface area contributed by atoms with E-state index in [-0.39, 0.29) is 0 Å². The quantitative estimate of drug-likeness (QED) is 0.720. The van der Waals surface area contributed by atoms with Gasteiger partial charge in [-0.2, -0.15) is 0 Å². The van der Waals surface area contributed by atoms with E-state index in [2.05, 4.69) is 25.8 Å². The number of ether oxygens (including phenoxy) is 1. The first-order valence-electron chi connectivity index (χ1n) is 2.96. The summed E-state index contributed by atoms with van der Waals surface area (Å²) >= 11 is 1.12. The number of hydrogen-bond donors (Lipinski definition) is 1. The molecule has 0 aliphatic carbocycles. The van der Waals surface area contributed by atoms with Crippen LogP contribution in [0.1, 0.15) is 6.92 Å². The molecule has 1 N–H and O–H groups in total. The molecule has 1 rings (SSSR count). The summed E-state index contributed by atoms with van der Waals surface area (Å²) in [5, 5.41) is 9.72. The zero-order chi connectivity index (χ0) is 8.10. The van der Waals surface area contributed by atoms with Crippen molar-refractivity contribution in [2.24, 2.45) is 0 Å². The minimum absolute atomic E-state index is 0.342. The Morgan fingerprint density at radius 3 is 3.27 bits per heavy atom. The number of hydrogen-bond acceptors (Lipinski definition) is 5. The maximum atomic E-state index is 10.7. The molecule has 0 spiro atoms. The van der Waals surface area contributed by atoms with Gasteiger partial charge in [0.05, 0.1) is 6.61 Å². The average Bonchev–Trinajstić information content (AvgIpc) is 2.40. The van der Waals surface area contributed by atoms with Crippen molar-refractivity contribution in [3.8, 4) is 0 Å². The predicted molar refractivity (Wildman–Crippen MR) is 39.4 cm³/mol. The molecule has 1 heterocycles. The lowest BCUT2D eigenvalue weighted by Gasteiger charge is -1.98. The van der Waals surface area contributed by atoms with E-state index < -0.39 is 6.09 Å². The van der Waals surface area contributed by atoms with Crippen molar-refractivity contribution in [2.45, 2.75) is 6.92 Å². The summed E-state index contributed by atoms with van der Waals surface area (Å²) in [6.07, 6.45) is -0.516. The summed E-state index contributed by atoms with van der Waals surface area (Å²) in [5.41, 5.74) is 2.49. The molecule has 0 unspecified atom stereocenters. The average molecular weight is 172 g/mol. The minimum atomic E-state index is -0.516. The van der Waals surface area contributed by atoms with Crippen LogP contribution in [0.15, 0.2) is 0 Å². The second-order valence-electron chi connectivity index (χ2n) is 1.54. The molecule has 0 aromatic carbocycles. The van der Waals surface area contributed by atoms with Crippen molar-refractivity contribution in [1.29, 1.82) is 0 Å². The molecule has 11 heavy (non-hydrogen) atoms. The maximum Gasteiger partial charge on any atom is 0.413 e. The van der Waals surface area contributed by atoms with Crippen LogP contribution in [0.25, 0.3) is 0 Å². The van der Waals surface area contributed by atoms with Gasteiger partial charge in [-0.15, -0.1) is 10.2 Å². The summed E-state index contributed by atoms with van der Waals surface area (Å²) in [5.74, 6) is 0. The SMILES string of the molecule is CCOC(=O)Nc1nn[c]s1. The normalized spacial score (nSPS) is 9.18. The molecule has 6 heteroatoms. The zero-order valence-corrected chi connectivity index (χ0v) is 6.64. The Morgan fingerprint density at radius 2 is 2.73 bits per heavy atom. The molecule has 0 fully saturated rings. The van der Waals surface area contributed by atoms with Crippen LogP contribution in [0.3, 0.4) is 0 Å². The third-order valence-corrected chi connectivity index (χ3v) is 1.36. The Morgan fingerprint density at radius 1 is 1.91 bits per heavy atom. The van der Waals surface area contributed by atoms with Crippen LogP contribution in [0, 0.1) is 5.51 Å². The lowest BCUT2D eigenvalue weighted by Crippen LogP contribution is -2.12. The second-order valence-corrected chi connectivity index (χ2v) is 2.32. The van der Waals surface area contributed by atoms with Crippen molar-refractivity contribution in [3.63, 3.8) is 0 Å². The van der Waals surface area contributed by atoms with Crippen LogP contribution >= 0.6 is 11.3 Å². The number of rotatable bonds is 2. The number of aromatic nitrogens is 2. The first-order chi connectivity index (χ1) is 5.33. The molecule has 1 aromatic rings. The van der Waals surface area contributed by atoms with Gasteiger partial charge in [-0.1, -0.05) is 11.3 Å². The van der Waals surface area contributed by atoms with E-state index in [1.54, 1.807) is 6.92 Å². The van der Waals surface area contributed by atoms with Crippen LogP contribution in [-0.4, -0.2) is 22.9 Å². The van der Waals surface area contributed by atoms with E-state index in [0.717, 1.165) is 11.3 Å². The molecule has 0 saturated carbocycles. The largest absolute Gasteiger partial charge is 0.450 e. The van der Waals surface area contributed by atoms with Gasteiger partial charge in [0.15, 0.2) is 5.51 Å². The standard InChI is InChI=1S/C5H6N3O2S/c1-2-10-5(9)7-4-8-6-3-11-4/h2H2,1H3,(H,7,8,9). The molecule has 0 atom stereocenters. The van der Waals surface area contributed by atoms with Gasteiger partial charge in [-0.25, -0.2) is 4.79 Å². The third-order valence-electron chi connectivity index (χ3n) is 0.808. The van der Waals surface area contributed by atoms with E-state index in [1.807, 2.05) is 0 Å². The smallest absolute Gasteiger partial charge is 0.413 e. The van der Waals surface area contributed by atoms with Crippen molar-refractivity contribution >= 4 is 22.6 Å². The Balaban J connectivity index is 2.37. The van der Waals surface area contributed by atoms with Gasteiger partial charge >= 0.3 is 6.09 Å². The highest BCUT2D eigenvalue weighted by atomic mass is 32.1. The highest BCUT2D eigenvalue weighted by Crippen LogP contribution is 2.06. The predicted octanol–water partition coefficient (Wildman–Crippen LogP) is 0.907. The monoisotopic (exact) mass is 172 g/mol. The number of nitrogens with one attached hydrogen (secondary N) is 1. The Kier molecular flexibility index (Phi) is 2.79. The highest BCUT2D eigenvalue weighted by molar-refractivity contribution is 7.13. The van der Waals surface area contributed by atoms with Crippen molar-refractivity contribution < 1.29 is 9.53 Å². The van der Waals surface area contributed by atoms with Crippen molar-refractivity contribution in [2.75, 3.05) is 11.9 Å². The van der Waals surface area contributed by atoms with Gasteiger partial charge in [-0.3, -0.25) is 5.32 Å². The van der Waals surface area contributed by atoms with Crippen LogP contribution in [0.2, 0.25) is 0 Å². The van der Waals surface area contributed by atoms with Crippen LogP contribution in [-0.2, 0) is 4.74 Å². The molecule has 1 radical (unpaired) electrons. The first kappa shape index (κ1) is 7.93. The fourth-order valence-corrected chi connectivity index (χ4v) is 0.839. The number of nitrogens with zero attached hydrogens (tertiary/aromatic N) is 2. The summed E-state index contributed by atoms with van der Waals surface area (Å²) < 4.78 is 4.59. The molecule has 59 valence electrons. The minimum Gasteiger partial charge on any atom is -0.450 e. The van der Waals surface area contributed by atoms with Crippen LogP contribution in [0.4, 0.5) is 9.93 Å². The number of carbonyl (C=O) groups is 1. The van der Waals surface area contributed by atoms with E-state index in [0.29, 0.717) is 11.7 Å². The molecule has 0 aliphatic rings. The number of amides is 1. The third kappa shape index (κ3) is 2.50. The van der Waals surface area contributed by atoms with Gasteiger partial charge in [0.1, 0.15) is 0 Å². The molecule has 0 aliphatic heterocycles. The molecule has 1 amide bonds. The lowest BCUT2D eigenvalue weighted by molar-refractivity contribution is 0.168. The van der Waals surface area contributed by atoms with E-state index in [1.165, 1.54) is 0 Å². The first-order valence-corrected chi connectivity index (χ1v) is 3.78. The maximum absolute atomic E-state index is 10.7. The summed E-state index contributed by atoms with van der Waals surface area (Å²) in [4.78, 5) is 10.7. The Bertz CT molecular complexity index is 224. The lowest BCUT2D eigenvalue weighted by atomic mass is 10.9. The van der Waals surface area contributed by atoms with Gasteiger partial charge in [0, 0.05) is 0 Å². The Labute approximate surface area is 67.4 Å². The fourth-order valence-electron chi connectivity index (χ4n) is 0.455. The van der Waals surface area contributed by atoms with Crippen LogP contribution in [0.5, 0.6) is 0 Å². The Hall–Kier alpha value is -1.17. The van der Waals surface area contributed by atoms with Gasteiger partial charge in [0.2, 0.25) is 5.13 Å². The van der Waals surface area contributed by atoms with Crippen LogP contribution < -0.4 is 5.32 Å². The summed E-state index contributed by atoms with van der Waals surface area (Å²) in [6.45, 7) is 2.07. The van der Waals surface area contributed by atoms with Crippen molar-refractivity contribution in [3.05, 3.63) is 5.51 Å². The molecule has 0 bridgehead atoms. The van der Waals surface area contributed by atoms with E-state index >= 15 is 0 Å². The number of carbonyl (C=O) groups excluding carboxylic acids is 1. The van der Waals surface area contributed by atoms with E-state index in [4.69, 9.17) is 0 Å². The van der Waals surface area contributed by atoms with Gasteiger partial charge in [0.25, 0.3) is 0 Å². The molecule has 1 aromatic heterocycles. The topological polar surface area (TPSA) is 64.1 Å². The molecule has 0 saturated heterocycles. The van der Waals surface area contributed by atoms with Gasteiger partial charge < -0.3 is 4.74 Å².